The molecule has 0 amide bonds. The third kappa shape index (κ3) is 3.88. The van der Waals surface area contributed by atoms with Gasteiger partial charge in [0.25, 0.3) is 0 Å². The summed E-state index contributed by atoms with van der Waals surface area (Å²) >= 11 is 0. The largest absolute Gasteiger partial charge is 0.491 e. The van der Waals surface area contributed by atoms with E-state index in [9.17, 15) is 4.79 Å². The van der Waals surface area contributed by atoms with Crippen molar-refractivity contribution in [1.29, 1.82) is 0 Å². The van der Waals surface area contributed by atoms with Crippen molar-refractivity contribution in [1.82, 2.24) is 0 Å². The molecular weight excluding hydrogens is 210 g/mol. The highest BCUT2D eigenvalue weighted by Gasteiger charge is 2.11. The molecular formula is C11H15NO4. The van der Waals surface area contributed by atoms with E-state index in [4.69, 9.17) is 20.7 Å². The average molecular weight is 225 g/mol. The van der Waals surface area contributed by atoms with Crippen molar-refractivity contribution in [3.63, 3.8) is 0 Å². The van der Waals surface area contributed by atoms with E-state index in [0.717, 1.165) is 5.56 Å². The summed E-state index contributed by atoms with van der Waals surface area (Å²) in [5.74, 6) is -0.373. The Hall–Kier alpha value is -1.59. The lowest BCUT2D eigenvalue weighted by Gasteiger charge is -2.08. The maximum Gasteiger partial charge on any atom is 0.320 e. The number of hydrogen-bond acceptors (Lipinski definition) is 4. The second kappa shape index (κ2) is 6.09. The zero-order valence-electron chi connectivity index (χ0n) is 8.80. The first kappa shape index (κ1) is 12.5. The fourth-order valence-electron chi connectivity index (χ4n) is 1.23. The minimum Gasteiger partial charge on any atom is -0.491 e. The highest BCUT2D eigenvalue weighted by Crippen LogP contribution is 2.13. The Kier molecular flexibility index (Phi) is 4.75. The van der Waals surface area contributed by atoms with E-state index in [2.05, 4.69) is 0 Å². The molecule has 16 heavy (non-hydrogen) atoms. The third-order valence-corrected chi connectivity index (χ3v) is 2.06. The fourth-order valence-corrected chi connectivity index (χ4v) is 1.23. The van der Waals surface area contributed by atoms with Crippen molar-refractivity contribution in [2.24, 2.45) is 5.73 Å². The van der Waals surface area contributed by atoms with Crippen LogP contribution in [0.5, 0.6) is 5.75 Å². The number of rotatable bonds is 6. The summed E-state index contributed by atoms with van der Waals surface area (Å²) in [4.78, 5) is 10.5. The maximum atomic E-state index is 10.5. The predicted molar refractivity (Wildman–Crippen MR) is 58.3 cm³/mol. The Morgan fingerprint density at radius 1 is 1.38 bits per heavy atom. The molecule has 0 aromatic heterocycles. The van der Waals surface area contributed by atoms with Gasteiger partial charge in [-0.3, -0.25) is 4.79 Å². The summed E-state index contributed by atoms with van der Waals surface area (Å²) in [6.07, 6.45) is 0.287. The van der Waals surface area contributed by atoms with Gasteiger partial charge >= 0.3 is 5.97 Å². The number of hydrogen-bond donors (Lipinski definition) is 3. The van der Waals surface area contributed by atoms with Gasteiger partial charge in [-0.1, -0.05) is 12.1 Å². The number of aliphatic hydroxyl groups is 1. The molecule has 5 heteroatoms. The quantitative estimate of drug-likeness (QED) is 0.634. The highest BCUT2D eigenvalue weighted by molar-refractivity contribution is 5.73. The fraction of sp³-hybridized carbons (Fsp3) is 0.364. The van der Waals surface area contributed by atoms with Crippen LogP contribution < -0.4 is 10.5 Å². The zero-order chi connectivity index (χ0) is 12.0. The van der Waals surface area contributed by atoms with Crippen LogP contribution in [0.25, 0.3) is 0 Å². The van der Waals surface area contributed by atoms with Crippen molar-refractivity contribution in [3.05, 3.63) is 29.8 Å². The lowest BCUT2D eigenvalue weighted by Crippen LogP contribution is -2.32. The van der Waals surface area contributed by atoms with E-state index in [1.165, 1.54) is 0 Å². The molecule has 5 nitrogen and oxygen atoms in total. The van der Waals surface area contributed by atoms with Gasteiger partial charge < -0.3 is 20.7 Å². The van der Waals surface area contributed by atoms with E-state index in [1.807, 2.05) is 0 Å². The summed E-state index contributed by atoms with van der Waals surface area (Å²) in [6, 6.07) is 6.08. The van der Waals surface area contributed by atoms with Gasteiger partial charge in [-0.05, 0) is 24.1 Å². The number of carboxylic acids is 1. The number of ether oxygens (including phenoxy) is 1. The summed E-state index contributed by atoms with van der Waals surface area (Å²) < 4.78 is 5.17. The highest BCUT2D eigenvalue weighted by atomic mass is 16.5. The van der Waals surface area contributed by atoms with Gasteiger partial charge in [0.1, 0.15) is 18.4 Å². The molecule has 0 unspecified atom stereocenters. The monoisotopic (exact) mass is 225 g/mol. The molecule has 0 saturated heterocycles. The topological polar surface area (TPSA) is 92.8 Å². The third-order valence-electron chi connectivity index (χ3n) is 2.06. The van der Waals surface area contributed by atoms with Crippen LogP contribution in [-0.4, -0.2) is 35.4 Å². The van der Waals surface area contributed by atoms with Crippen molar-refractivity contribution in [2.75, 3.05) is 13.2 Å². The predicted octanol–water partition coefficient (Wildman–Crippen LogP) is 0.0121. The Morgan fingerprint density at radius 2 is 2.00 bits per heavy atom. The zero-order valence-corrected chi connectivity index (χ0v) is 8.80. The van der Waals surface area contributed by atoms with Crippen LogP contribution in [0.2, 0.25) is 0 Å². The summed E-state index contributed by atoms with van der Waals surface area (Å²) in [6.45, 7) is 0.208. The number of benzene rings is 1. The number of aliphatic carboxylic acids is 1. The molecule has 0 saturated carbocycles. The minimum atomic E-state index is -1.01. The molecule has 0 fully saturated rings. The van der Waals surface area contributed by atoms with Crippen LogP contribution in [0.4, 0.5) is 0 Å². The Balaban J connectivity index is 2.54. The molecule has 88 valence electrons. The minimum absolute atomic E-state index is 0.0361. The van der Waals surface area contributed by atoms with Crippen molar-refractivity contribution in [3.8, 4) is 5.75 Å². The molecule has 0 radical (unpaired) electrons. The van der Waals surface area contributed by atoms with Gasteiger partial charge in [-0.15, -0.1) is 0 Å². The second-order valence-electron chi connectivity index (χ2n) is 3.36. The van der Waals surface area contributed by atoms with Crippen molar-refractivity contribution >= 4 is 5.97 Å². The van der Waals surface area contributed by atoms with E-state index < -0.39 is 12.0 Å². The van der Waals surface area contributed by atoms with Gasteiger partial charge in [0.05, 0.1) is 6.61 Å². The molecule has 0 heterocycles. The van der Waals surface area contributed by atoms with Crippen LogP contribution >= 0.6 is 0 Å². The summed E-state index contributed by atoms with van der Waals surface area (Å²) in [7, 11) is 0. The van der Waals surface area contributed by atoms with E-state index in [0.29, 0.717) is 5.75 Å². The number of aliphatic hydroxyl groups excluding tert-OH is 1. The molecule has 0 aliphatic heterocycles. The first-order chi connectivity index (χ1) is 7.63. The molecule has 1 aromatic rings. The Bertz CT molecular complexity index is 336. The Morgan fingerprint density at radius 3 is 2.50 bits per heavy atom. The summed E-state index contributed by atoms with van der Waals surface area (Å²) in [5.41, 5.74) is 6.24. The second-order valence-corrected chi connectivity index (χ2v) is 3.36. The van der Waals surface area contributed by atoms with Gasteiger partial charge in [0.2, 0.25) is 0 Å². The van der Waals surface area contributed by atoms with Crippen LogP contribution in [0, 0.1) is 0 Å². The van der Waals surface area contributed by atoms with Gasteiger partial charge in [-0.25, -0.2) is 0 Å². The first-order valence-electron chi connectivity index (χ1n) is 4.94. The van der Waals surface area contributed by atoms with Gasteiger partial charge in [-0.2, -0.15) is 0 Å². The standard InChI is InChI=1S/C11H15NO4/c12-10(11(14)15)7-8-1-3-9(4-2-8)16-6-5-13/h1-4,10,13H,5-7,12H2,(H,14,15)/t10-/m0/s1. The molecule has 1 rings (SSSR count). The molecule has 0 aliphatic rings. The smallest absolute Gasteiger partial charge is 0.320 e. The van der Waals surface area contributed by atoms with E-state index in [-0.39, 0.29) is 19.6 Å². The number of carbonyl (C=O) groups is 1. The molecule has 1 aromatic carbocycles. The average Bonchev–Trinajstić information content (AvgIpc) is 2.28. The molecule has 1 atom stereocenters. The van der Waals surface area contributed by atoms with Crippen LogP contribution in [0.3, 0.4) is 0 Å². The molecule has 0 aliphatic carbocycles. The number of nitrogens with two attached hydrogens (primary N) is 1. The molecule has 4 N–H and O–H groups in total. The number of carboxylic acid groups (broad SMARTS) is 1. The normalized spacial score (nSPS) is 12.1. The Labute approximate surface area is 93.5 Å². The van der Waals surface area contributed by atoms with Crippen LogP contribution in [-0.2, 0) is 11.2 Å². The van der Waals surface area contributed by atoms with Crippen molar-refractivity contribution < 1.29 is 19.7 Å². The van der Waals surface area contributed by atoms with Crippen LogP contribution in [0.15, 0.2) is 24.3 Å². The SMILES string of the molecule is N[C@@H](Cc1ccc(OCCO)cc1)C(=O)O. The van der Waals surface area contributed by atoms with Crippen LogP contribution in [0.1, 0.15) is 5.56 Å². The molecule has 0 bridgehead atoms. The maximum absolute atomic E-state index is 10.5. The lowest BCUT2D eigenvalue weighted by molar-refractivity contribution is -0.138. The lowest BCUT2D eigenvalue weighted by atomic mass is 10.1. The molecule has 0 spiro atoms. The van der Waals surface area contributed by atoms with E-state index >= 15 is 0 Å². The van der Waals surface area contributed by atoms with Gasteiger partial charge in [0.15, 0.2) is 0 Å². The van der Waals surface area contributed by atoms with Crippen molar-refractivity contribution in [2.45, 2.75) is 12.5 Å². The first-order valence-corrected chi connectivity index (χ1v) is 4.94. The summed E-state index contributed by atoms with van der Waals surface area (Å²) in [5, 5.41) is 17.2. The van der Waals surface area contributed by atoms with Gasteiger partial charge in [0, 0.05) is 0 Å². The van der Waals surface area contributed by atoms with E-state index in [1.54, 1.807) is 24.3 Å².